The summed E-state index contributed by atoms with van der Waals surface area (Å²) in [5.74, 6) is 0.953. The third-order valence-corrected chi connectivity index (χ3v) is 6.10. The van der Waals surface area contributed by atoms with Crippen molar-refractivity contribution in [2.75, 3.05) is 19.7 Å². The number of hydrogen-bond donors (Lipinski definition) is 2. The molecule has 2 N–H and O–H groups in total. The first kappa shape index (κ1) is 15.8. The van der Waals surface area contributed by atoms with Gasteiger partial charge in [0.2, 0.25) is 0 Å². The van der Waals surface area contributed by atoms with Crippen LogP contribution in [0.2, 0.25) is 0 Å². The van der Waals surface area contributed by atoms with Gasteiger partial charge in [-0.05, 0) is 48.6 Å². The second-order valence-corrected chi connectivity index (χ2v) is 7.53. The highest BCUT2D eigenvalue weighted by Gasteiger charge is 2.28. The Bertz CT molecular complexity index is 813. The lowest BCUT2D eigenvalue weighted by atomic mass is 9.84. The molecular weight excluding hydrogens is 316 g/mol. The molecule has 3 nitrogen and oxygen atoms in total. The average Bonchev–Trinajstić information content (AvgIpc) is 3.06. The summed E-state index contributed by atoms with van der Waals surface area (Å²) in [5, 5.41) is 14.0. The summed E-state index contributed by atoms with van der Waals surface area (Å²) in [7, 11) is 0. The van der Waals surface area contributed by atoms with E-state index in [2.05, 4.69) is 47.8 Å². The number of aliphatic hydroxyl groups excluding tert-OH is 1. The SMILES string of the molecule is OCCC1CCNCC1c1nc2ccc(-c3ccccc3)cc2s1. The first-order valence-electron chi connectivity index (χ1n) is 8.62. The Balaban J connectivity index is 1.68. The molecule has 2 heterocycles. The number of aliphatic hydroxyl groups is 1. The van der Waals surface area contributed by atoms with Gasteiger partial charge in [0.15, 0.2) is 0 Å². The molecule has 2 aromatic carbocycles. The molecule has 0 spiro atoms. The average molecular weight is 338 g/mol. The molecule has 1 aromatic heterocycles. The Hall–Kier alpha value is -1.75. The number of fused-ring (bicyclic) bond motifs is 1. The van der Waals surface area contributed by atoms with Crippen LogP contribution in [0.15, 0.2) is 48.5 Å². The predicted octanol–water partition coefficient (Wildman–Crippen LogP) is 4.04. The zero-order valence-electron chi connectivity index (χ0n) is 13.6. The number of rotatable bonds is 4. The van der Waals surface area contributed by atoms with Crippen LogP contribution in [0.1, 0.15) is 23.8 Å². The molecule has 1 saturated heterocycles. The van der Waals surface area contributed by atoms with Crippen molar-refractivity contribution < 1.29 is 5.11 Å². The van der Waals surface area contributed by atoms with Crippen LogP contribution >= 0.6 is 11.3 Å². The molecule has 1 fully saturated rings. The monoisotopic (exact) mass is 338 g/mol. The summed E-state index contributed by atoms with van der Waals surface area (Å²) in [6.45, 7) is 2.28. The van der Waals surface area contributed by atoms with Gasteiger partial charge in [-0.25, -0.2) is 4.98 Å². The minimum absolute atomic E-state index is 0.268. The van der Waals surface area contributed by atoms with E-state index < -0.39 is 0 Å². The van der Waals surface area contributed by atoms with Crippen molar-refractivity contribution in [3.05, 3.63) is 53.5 Å². The molecule has 124 valence electrons. The number of nitrogens with zero attached hydrogens (tertiary/aromatic N) is 1. The summed E-state index contributed by atoms with van der Waals surface area (Å²) in [6.07, 6.45) is 1.99. The van der Waals surface area contributed by atoms with Crippen molar-refractivity contribution in [3.8, 4) is 11.1 Å². The first-order chi connectivity index (χ1) is 11.8. The molecule has 0 aliphatic carbocycles. The number of thiazole rings is 1. The van der Waals surface area contributed by atoms with Gasteiger partial charge in [0.05, 0.1) is 15.2 Å². The lowest BCUT2D eigenvalue weighted by Gasteiger charge is -2.30. The van der Waals surface area contributed by atoms with Gasteiger partial charge in [-0.3, -0.25) is 0 Å². The summed E-state index contributed by atoms with van der Waals surface area (Å²) >= 11 is 1.81. The van der Waals surface area contributed by atoms with Crippen LogP contribution in [0.4, 0.5) is 0 Å². The van der Waals surface area contributed by atoms with Crippen LogP contribution in [0.3, 0.4) is 0 Å². The van der Waals surface area contributed by atoms with Crippen molar-refractivity contribution in [1.29, 1.82) is 0 Å². The molecule has 1 aliphatic heterocycles. The van der Waals surface area contributed by atoms with Gasteiger partial charge in [0.1, 0.15) is 0 Å². The van der Waals surface area contributed by atoms with Crippen LogP contribution in [0, 0.1) is 5.92 Å². The Labute approximate surface area is 146 Å². The van der Waals surface area contributed by atoms with Gasteiger partial charge in [-0.1, -0.05) is 36.4 Å². The van der Waals surface area contributed by atoms with E-state index in [1.165, 1.54) is 20.8 Å². The summed E-state index contributed by atoms with van der Waals surface area (Å²) in [6, 6.07) is 17.0. The third-order valence-electron chi connectivity index (χ3n) is 4.95. The van der Waals surface area contributed by atoms with Crippen molar-refractivity contribution in [1.82, 2.24) is 10.3 Å². The molecule has 2 atom stereocenters. The molecule has 2 unspecified atom stereocenters. The topological polar surface area (TPSA) is 45.1 Å². The fourth-order valence-corrected chi connectivity index (χ4v) is 4.82. The van der Waals surface area contributed by atoms with E-state index >= 15 is 0 Å². The number of aromatic nitrogens is 1. The van der Waals surface area contributed by atoms with Crippen LogP contribution in [0.25, 0.3) is 21.3 Å². The van der Waals surface area contributed by atoms with Crippen LogP contribution < -0.4 is 5.32 Å². The molecular formula is C20H22N2OS. The van der Waals surface area contributed by atoms with E-state index in [1.807, 2.05) is 17.4 Å². The smallest absolute Gasteiger partial charge is 0.0985 e. The highest BCUT2D eigenvalue weighted by atomic mass is 32.1. The molecule has 3 aromatic rings. The van der Waals surface area contributed by atoms with Gasteiger partial charge in [-0.15, -0.1) is 11.3 Å². The van der Waals surface area contributed by atoms with Crippen LogP contribution in [0.5, 0.6) is 0 Å². The number of nitrogens with one attached hydrogen (secondary N) is 1. The number of hydrogen-bond acceptors (Lipinski definition) is 4. The van der Waals surface area contributed by atoms with E-state index in [-0.39, 0.29) is 6.61 Å². The summed E-state index contributed by atoms with van der Waals surface area (Å²) in [5.41, 5.74) is 3.57. The van der Waals surface area contributed by atoms with Crippen LogP contribution in [-0.4, -0.2) is 29.8 Å². The maximum Gasteiger partial charge on any atom is 0.0985 e. The maximum absolute atomic E-state index is 9.35. The quantitative estimate of drug-likeness (QED) is 0.755. The molecule has 0 saturated carbocycles. The summed E-state index contributed by atoms with van der Waals surface area (Å²) < 4.78 is 1.25. The Morgan fingerprint density at radius 3 is 2.83 bits per heavy atom. The molecule has 1 aliphatic rings. The zero-order valence-corrected chi connectivity index (χ0v) is 14.4. The molecule has 24 heavy (non-hydrogen) atoms. The van der Waals surface area contributed by atoms with Gasteiger partial charge < -0.3 is 10.4 Å². The maximum atomic E-state index is 9.35. The molecule has 0 amide bonds. The molecule has 0 radical (unpaired) electrons. The van der Waals surface area contributed by atoms with Crippen molar-refractivity contribution in [3.63, 3.8) is 0 Å². The largest absolute Gasteiger partial charge is 0.396 e. The van der Waals surface area contributed by atoms with Crippen LogP contribution in [-0.2, 0) is 0 Å². The fraction of sp³-hybridized carbons (Fsp3) is 0.350. The Morgan fingerprint density at radius 2 is 2.00 bits per heavy atom. The van der Waals surface area contributed by atoms with Crippen molar-refractivity contribution in [2.24, 2.45) is 5.92 Å². The third kappa shape index (κ3) is 3.09. The normalized spacial score (nSPS) is 21.2. The Kier molecular flexibility index (Phi) is 4.60. The van der Waals surface area contributed by atoms with E-state index in [0.717, 1.165) is 31.4 Å². The van der Waals surface area contributed by atoms with E-state index in [0.29, 0.717) is 11.8 Å². The van der Waals surface area contributed by atoms with Crippen molar-refractivity contribution in [2.45, 2.75) is 18.8 Å². The van der Waals surface area contributed by atoms with Gasteiger partial charge in [0.25, 0.3) is 0 Å². The lowest BCUT2D eigenvalue weighted by molar-refractivity contribution is 0.218. The minimum atomic E-state index is 0.268. The molecule has 4 heteroatoms. The second-order valence-electron chi connectivity index (χ2n) is 6.47. The predicted molar refractivity (Wildman–Crippen MR) is 100 cm³/mol. The lowest BCUT2D eigenvalue weighted by Crippen LogP contribution is -2.35. The standard InChI is InChI=1S/C20H22N2OS/c23-11-9-15-8-10-21-13-17(15)20-22-18-7-6-16(12-19(18)24-20)14-4-2-1-3-5-14/h1-7,12,15,17,21,23H,8-11,13H2. The van der Waals surface area contributed by atoms with Gasteiger partial charge in [-0.2, -0.15) is 0 Å². The first-order valence-corrected chi connectivity index (χ1v) is 9.44. The highest BCUT2D eigenvalue weighted by molar-refractivity contribution is 7.18. The number of piperidine rings is 1. The Morgan fingerprint density at radius 1 is 1.12 bits per heavy atom. The molecule has 0 bridgehead atoms. The van der Waals surface area contributed by atoms with E-state index in [9.17, 15) is 5.11 Å². The minimum Gasteiger partial charge on any atom is -0.396 e. The second kappa shape index (κ2) is 7.01. The number of benzene rings is 2. The zero-order chi connectivity index (χ0) is 16.4. The fourth-order valence-electron chi connectivity index (χ4n) is 3.62. The van der Waals surface area contributed by atoms with Gasteiger partial charge in [0, 0.05) is 19.1 Å². The van der Waals surface area contributed by atoms with E-state index in [1.54, 1.807) is 0 Å². The van der Waals surface area contributed by atoms with Gasteiger partial charge >= 0.3 is 0 Å². The summed E-state index contributed by atoms with van der Waals surface area (Å²) in [4.78, 5) is 4.90. The van der Waals surface area contributed by atoms with Crippen molar-refractivity contribution >= 4 is 21.6 Å². The molecule has 4 rings (SSSR count). The van der Waals surface area contributed by atoms with E-state index in [4.69, 9.17) is 4.98 Å². The highest BCUT2D eigenvalue weighted by Crippen LogP contribution is 2.37.